The molecule has 0 saturated carbocycles. The molecule has 6 heteroatoms. The third kappa shape index (κ3) is 2.49. The number of ether oxygens (including phenoxy) is 1. The van der Waals surface area contributed by atoms with Crippen LogP contribution in [0.4, 0.5) is 5.88 Å². The van der Waals surface area contributed by atoms with Crippen LogP contribution in [-0.2, 0) is 4.74 Å². The Morgan fingerprint density at radius 3 is 3.05 bits per heavy atom. The summed E-state index contributed by atoms with van der Waals surface area (Å²) in [6.07, 6.45) is 11.2. The molecule has 1 aliphatic heterocycles. The van der Waals surface area contributed by atoms with Crippen LogP contribution in [-0.4, -0.2) is 16.2 Å². The predicted octanol–water partition coefficient (Wildman–Crippen LogP) is 3.29. The summed E-state index contributed by atoms with van der Waals surface area (Å²) in [5.41, 5.74) is 1.78. The highest BCUT2D eigenvalue weighted by Crippen LogP contribution is 2.33. The molecule has 1 atom stereocenters. The van der Waals surface area contributed by atoms with E-state index >= 15 is 0 Å². The molecule has 0 N–H and O–H groups in total. The first-order valence-electron chi connectivity index (χ1n) is 6.25. The first kappa shape index (κ1) is 12.2. The van der Waals surface area contributed by atoms with E-state index in [0.29, 0.717) is 5.88 Å². The lowest BCUT2D eigenvalue weighted by atomic mass is 10.2. The third-order valence-corrected chi connectivity index (χ3v) is 3.65. The van der Waals surface area contributed by atoms with Crippen LogP contribution >= 0.6 is 11.3 Å². The highest BCUT2D eigenvalue weighted by molar-refractivity contribution is 7.10. The van der Waals surface area contributed by atoms with E-state index in [1.54, 1.807) is 17.9 Å². The van der Waals surface area contributed by atoms with E-state index in [1.807, 2.05) is 4.90 Å². The predicted molar refractivity (Wildman–Crippen MR) is 72.1 cm³/mol. The maximum absolute atomic E-state index is 5.96. The lowest BCUT2D eigenvalue weighted by molar-refractivity contribution is 0.175. The van der Waals surface area contributed by atoms with Gasteiger partial charge in [-0.05, 0) is 6.42 Å². The SMILES string of the molecule is CCCCC1OC(c2cncs2)=[C]N1c1cnco1. The molecule has 1 radical (unpaired) electrons. The van der Waals surface area contributed by atoms with Crippen LogP contribution in [0.15, 0.2) is 28.7 Å². The van der Waals surface area contributed by atoms with E-state index in [9.17, 15) is 0 Å². The van der Waals surface area contributed by atoms with E-state index < -0.39 is 0 Å². The first-order valence-corrected chi connectivity index (χ1v) is 7.13. The number of hydrogen-bond donors (Lipinski definition) is 0. The molecular weight excluding hydrogens is 262 g/mol. The molecule has 0 amide bonds. The number of aromatic nitrogens is 2. The second-order valence-electron chi connectivity index (χ2n) is 4.23. The summed E-state index contributed by atoms with van der Waals surface area (Å²) in [6.45, 7) is 2.16. The summed E-state index contributed by atoms with van der Waals surface area (Å²) >= 11 is 1.54. The maximum atomic E-state index is 5.96. The van der Waals surface area contributed by atoms with Gasteiger partial charge in [-0.1, -0.05) is 13.3 Å². The van der Waals surface area contributed by atoms with Gasteiger partial charge in [0, 0.05) is 12.6 Å². The minimum absolute atomic E-state index is 0.0787. The Balaban J connectivity index is 1.83. The molecule has 0 aliphatic carbocycles. The molecule has 0 aromatic carbocycles. The normalized spacial score (nSPS) is 18.5. The second-order valence-corrected chi connectivity index (χ2v) is 5.12. The molecule has 19 heavy (non-hydrogen) atoms. The summed E-state index contributed by atoms with van der Waals surface area (Å²) in [4.78, 5) is 10.9. The Hall–Kier alpha value is -1.82. The van der Waals surface area contributed by atoms with Crippen LogP contribution in [0.5, 0.6) is 0 Å². The smallest absolute Gasteiger partial charge is 0.223 e. The van der Waals surface area contributed by atoms with E-state index in [4.69, 9.17) is 9.15 Å². The van der Waals surface area contributed by atoms with Crippen molar-refractivity contribution in [1.29, 1.82) is 0 Å². The minimum Gasteiger partial charge on any atom is -0.466 e. The van der Waals surface area contributed by atoms with Crippen molar-refractivity contribution in [2.45, 2.75) is 32.4 Å². The summed E-state index contributed by atoms with van der Waals surface area (Å²) in [5.74, 6) is 1.38. The number of hydrogen-bond acceptors (Lipinski definition) is 6. The number of anilines is 1. The van der Waals surface area contributed by atoms with Crippen molar-refractivity contribution in [1.82, 2.24) is 9.97 Å². The molecular formula is C13H14N3O2S. The molecule has 3 rings (SSSR count). The van der Waals surface area contributed by atoms with Gasteiger partial charge in [0.05, 0.1) is 16.6 Å². The van der Waals surface area contributed by atoms with Gasteiger partial charge in [-0.25, -0.2) is 4.98 Å². The van der Waals surface area contributed by atoms with Gasteiger partial charge in [0.15, 0.2) is 18.4 Å². The molecule has 1 aliphatic rings. The van der Waals surface area contributed by atoms with Crippen molar-refractivity contribution >= 4 is 23.0 Å². The van der Waals surface area contributed by atoms with Crippen molar-refractivity contribution in [3.8, 4) is 0 Å². The molecule has 0 bridgehead atoms. The lowest BCUT2D eigenvalue weighted by Crippen LogP contribution is -2.27. The van der Waals surface area contributed by atoms with Gasteiger partial charge in [0.2, 0.25) is 5.88 Å². The zero-order valence-electron chi connectivity index (χ0n) is 10.6. The van der Waals surface area contributed by atoms with Gasteiger partial charge < -0.3 is 9.15 Å². The Morgan fingerprint density at radius 1 is 1.42 bits per heavy atom. The van der Waals surface area contributed by atoms with Crippen molar-refractivity contribution < 1.29 is 9.15 Å². The van der Waals surface area contributed by atoms with Crippen LogP contribution in [0.1, 0.15) is 31.1 Å². The van der Waals surface area contributed by atoms with E-state index in [0.717, 1.165) is 29.9 Å². The fourth-order valence-corrected chi connectivity index (χ4v) is 2.49. The van der Waals surface area contributed by atoms with Gasteiger partial charge in [-0.2, -0.15) is 0 Å². The molecule has 0 fully saturated rings. The van der Waals surface area contributed by atoms with Gasteiger partial charge in [0.1, 0.15) is 6.20 Å². The highest BCUT2D eigenvalue weighted by Gasteiger charge is 2.30. The lowest BCUT2D eigenvalue weighted by Gasteiger charge is -2.20. The molecule has 1 unspecified atom stereocenters. The third-order valence-electron chi connectivity index (χ3n) is 2.88. The quantitative estimate of drug-likeness (QED) is 0.838. The van der Waals surface area contributed by atoms with Crippen molar-refractivity contribution in [3.63, 3.8) is 0 Å². The maximum Gasteiger partial charge on any atom is 0.223 e. The molecule has 5 nitrogen and oxygen atoms in total. The van der Waals surface area contributed by atoms with Crippen molar-refractivity contribution in [3.05, 3.63) is 35.4 Å². The average molecular weight is 276 g/mol. The van der Waals surface area contributed by atoms with Crippen LogP contribution in [0.3, 0.4) is 0 Å². The van der Waals surface area contributed by atoms with Gasteiger partial charge >= 0.3 is 0 Å². The summed E-state index contributed by atoms with van der Waals surface area (Å²) < 4.78 is 11.3. The Labute approximate surface area is 115 Å². The van der Waals surface area contributed by atoms with Crippen LogP contribution in [0.25, 0.3) is 5.76 Å². The summed E-state index contributed by atoms with van der Waals surface area (Å²) in [6, 6.07) is 0. The van der Waals surface area contributed by atoms with Crippen LogP contribution in [0, 0.1) is 6.20 Å². The number of oxazole rings is 1. The fraction of sp³-hybridized carbons (Fsp3) is 0.385. The topological polar surface area (TPSA) is 51.4 Å². The molecule has 0 spiro atoms. The largest absolute Gasteiger partial charge is 0.466 e. The van der Waals surface area contributed by atoms with Crippen molar-refractivity contribution in [2.24, 2.45) is 0 Å². The molecule has 99 valence electrons. The minimum atomic E-state index is -0.0787. The monoisotopic (exact) mass is 276 g/mol. The highest BCUT2D eigenvalue weighted by atomic mass is 32.1. The summed E-state index contributed by atoms with van der Waals surface area (Å²) in [7, 11) is 0. The number of rotatable bonds is 5. The zero-order chi connectivity index (χ0) is 13.1. The van der Waals surface area contributed by atoms with Crippen LogP contribution in [0.2, 0.25) is 0 Å². The number of thiazole rings is 1. The fourth-order valence-electron chi connectivity index (χ4n) is 1.93. The molecule has 0 saturated heterocycles. The summed E-state index contributed by atoms with van der Waals surface area (Å²) in [5, 5.41) is 0. The Kier molecular flexibility index (Phi) is 3.50. The Morgan fingerprint density at radius 2 is 2.37 bits per heavy atom. The second kappa shape index (κ2) is 5.44. The Bertz CT molecular complexity index is 536. The first-order chi connectivity index (χ1) is 9.38. The van der Waals surface area contributed by atoms with Crippen molar-refractivity contribution in [2.75, 3.05) is 4.90 Å². The van der Waals surface area contributed by atoms with Gasteiger partial charge in [-0.15, -0.1) is 11.3 Å². The standard InChI is InChI=1S/C13H14N3O2S/c1-2-3-4-12-16(13-6-14-8-17-13)7-10(18-12)11-5-15-9-19-11/h5-6,8-9,12H,2-4H2,1H3. The van der Waals surface area contributed by atoms with E-state index in [-0.39, 0.29) is 6.23 Å². The van der Waals surface area contributed by atoms with E-state index in [1.165, 1.54) is 17.7 Å². The molecule has 3 heterocycles. The number of nitrogens with zero attached hydrogens (tertiary/aromatic N) is 3. The van der Waals surface area contributed by atoms with Gasteiger partial charge in [-0.3, -0.25) is 9.88 Å². The molecule has 2 aromatic heterocycles. The average Bonchev–Trinajstić information content (AvgIpc) is 3.14. The number of unbranched alkanes of at least 4 members (excludes halogenated alkanes) is 1. The van der Waals surface area contributed by atoms with E-state index in [2.05, 4.69) is 23.1 Å². The van der Waals surface area contributed by atoms with Crippen LogP contribution < -0.4 is 4.90 Å². The van der Waals surface area contributed by atoms with Gasteiger partial charge in [0.25, 0.3) is 0 Å². The zero-order valence-corrected chi connectivity index (χ0v) is 11.4. The molecule has 2 aromatic rings.